The van der Waals surface area contributed by atoms with Crippen LogP contribution in [0, 0.1) is 6.92 Å². The van der Waals surface area contributed by atoms with Crippen LogP contribution in [0.1, 0.15) is 24.0 Å². The van der Waals surface area contributed by atoms with Crippen LogP contribution in [-0.4, -0.2) is 21.1 Å². The molecule has 0 atom stereocenters. The van der Waals surface area contributed by atoms with E-state index in [1.807, 2.05) is 31.6 Å². The summed E-state index contributed by atoms with van der Waals surface area (Å²) in [4.78, 5) is 8.62. The number of hydrogen-bond acceptors (Lipinski definition) is 3. The number of aryl methyl sites for hydroxylation is 2. The number of nitrogens with zero attached hydrogens (tertiary/aromatic N) is 3. The van der Waals surface area contributed by atoms with Crippen LogP contribution in [0.25, 0.3) is 0 Å². The van der Waals surface area contributed by atoms with Crippen molar-refractivity contribution in [2.24, 2.45) is 0 Å². The van der Waals surface area contributed by atoms with Gasteiger partial charge in [-0.2, -0.15) is 0 Å². The molecule has 0 amide bonds. The normalized spacial score (nSPS) is 10.8. The summed E-state index contributed by atoms with van der Waals surface area (Å²) in [6.45, 7) is 6.89. The van der Waals surface area contributed by atoms with Crippen LogP contribution >= 0.6 is 0 Å². The summed E-state index contributed by atoms with van der Waals surface area (Å²) in [6, 6.07) is 4.14. The quantitative estimate of drug-likeness (QED) is 0.790. The Morgan fingerprint density at radius 3 is 2.89 bits per heavy atom. The van der Waals surface area contributed by atoms with E-state index in [0.717, 1.165) is 37.6 Å². The molecule has 0 aliphatic carbocycles. The van der Waals surface area contributed by atoms with E-state index in [1.165, 1.54) is 5.56 Å². The van der Waals surface area contributed by atoms with Gasteiger partial charge in [-0.15, -0.1) is 0 Å². The summed E-state index contributed by atoms with van der Waals surface area (Å²) in [5.74, 6) is 1.06. The first-order valence-electron chi connectivity index (χ1n) is 6.42. The van der Waals surface area contributed by atoms with Crippen molar-refractivity contribution in [3.63, 3.8) is 0 Å². The van der Waals surface area contributed by atoms with Gasteiger partial charge in [0.15, 0.2) is 0 Å². The third-order valence-electron chi connectivity index (χ3n) is 3.11. The Hall–Kier alpha value is -1.68. The molecule has 1 N–H and O–H groups in total. The van der Waals surface area contributed by atoms with E-state index in [2.05, 4.69) is 32.8 Å². The van der Waals surface area contributed by atoms with Gasteiger partial charge in [0.2, 0.25) is 0 Å². The zero-order valence-electron chi connectivity index (χ0n) is 11.1. The van der Waals surface area contributed by atoms with Crippen molar-refractivity contribution >= 4 is 0 Å². The highest BCUT2D eigenvalue weighted by atomic mass is 15.1. The molecule has 4 nitrogen and oxygen atoms in total. The molecule has 2 aromatic heterocycles. The Morgan fingerprint density at radius 1 is 1.28 bits per heavy atom. The second kappa shape index (κ2) is 6.31. The van der Waals surface area contributed by atoms with Gasteiger partial charge in [-0.05, 0) is 25.0 Å². The number of pyridine rings is 1. The molecule has 0 spiro atoms. The molecule has 0 aliphatic heterocycles. The van der Waals surface area contributed by atoms with Gasteiger partial charge >= 0.3 is 0 Å². The van der Waals surface area contributed by atoms with Crippen molar-refractivity contribution in [2.45, 2.75) is 33.4 Å². The van der Waals surface area contributed by atoms with E-state index in [9.17, 15) is 0 Å². The Balaban J connectivity index is 1.80. The monoisotopic (exact) mass is 244 g/mol. The number of hydrogen-bond donors (Lipinski definition) is 1. The molecule has 0 bridgehead atoms. The van der Waals surface area contributed by atoms with E-state index >= 15 is 0 Å². The average Bonchev–Trinajstić information content (AvgIpc) is 2.81. The minimum absolute atomic E-state index is 0.831. The lowest BCUT2D eigenvalue weighted by Gasteiger charge is -2.09. The molecule has 0 radical (unpaired) electrons. The van der Waals surface area contributed by atoms with Crippen LogP contribution in [0.5, 0.6) is 0 Å². The Labute approximate surface area is 108 Å². The van der Waals surface area contributed by atoms with E-state index in [4.69, 9.17) is 0 Å². The highest BCUT2D eigenvalue weighted by Crippen LogP contribution is 2.05. The van der Waals surface area contributed by atoms with Gasteiger partial charge in [-0.1, -0.05) is 13.0 Å². The molecule has 0 aliphatic rings. The minimum Gasteiger partial charge on any atom is -0.334 e. The third-order valence-corrected chi connectivity index (χ3v) is 3.11. The largest absolute Gasteiger partial charge is 0.334 e. The molecule has 0 saturated heterocycles. The molecular formula is C14H20N4. The van der Waals surface area contributed by atoms with Crippen molar-refractivity contribution in [3.8, 4) is 0 Å². The molecule has 18 heavy (non-hydrogen) atoms. The summed E-state index contributed by atoms with van der Waals surface area (Å²) in [6.07, 6.45) is 6.74. The predicted molar refractivity (Wildman–Crippen MR) is 72.3 cm³/mol. The molecule has 96 valence electrons. The minimum atomic E-state index is 0.831. The molecule has 2 heterocycles. The number of nitrogens with one attached hydrogen (secondary N) is 1. The van der Waals surface area contributed by atoms with Crippen molar-refractivity contribution in [1.29, 1.82) is 0 Å². The van der Waals surface area contributed by atoms with Crippen molar-refractivity contribution in [1.82, 2.24) is 19.9 Å². The van der Waals surface area contributed by atoms with Gasteiger partial charge in [-0.25, -0.2) is 4.98 Å². The average molecular weight is 244 g/mol. The SMILES string of the molecule is CCc1cccnc1CNCCn1ccnc1C. The summed E-state index contributed by atoms with van der Waals surface area (Å²) in [7, 11) is 0. The number of aromatic nitrogens is 3. The molecule has 2 aromatic rings. The van der Waals surface area contributed by atoms with Crippen molar-refractivity contribution < 1.29 is 0 Å². The Kier molecular flexibility index (Phi) is 4.47. The highest BCUT2D eigenvalue weighted by Gasteiger charge is 2.01. The highest BCUT2D eigenvalue weighted by molar-refractivity contribution is 5.19. The van der Waals surface area contributed by atoms with E-state index in [-0.39, 0.29) is 0 Å². The maximum absolute atomic E-state index is 4.42. The zero-order chi connectivity index (χ0) is 12.8. The van der Waals surface area contributed by atoms with Crippen LogP contribution in [0.4, 0.5) is 0 Å². The standard InChI is InChI=1S/C14H20N4/c1-3-13-5-4-6-17-14(13)11-15-7-9-18-10-8-16-12(18)2/h4-6,8,10,15H,3,7,9,11H2,1-2H3. The summed E-state index contributed by atoms with van der Waals surface area (Å²) >= 11 is 0. The fraction of sp³-hybridized carbons (Fsp3) is 0.429. The molecule has 2 rings (SSSR count). The number of imidazole rings is 1. The fourth-order valence-electron chi connectivity index (χ4n) is 2.00. The Bertz CT molecular complexity index is 490. The van der Waals surface area contributed by atoms with Gasteiger partial charge in [0.1, 0.15) is 5.82 Å². The van der Waals surface area contributed by atoms with Gasteiger partial charge in [0.05, 0.1) is 5.69 Å². The first kappa shape index (κ1) is 12.8. The lowest BCUT2D eigenvalue weighted by molar-refractivity contribution is 0.581. The zero-order valence-corrected chi connectivity index (χ0v) is 11.1. The van der Waals surface area contributed by atoms with Gasteiger partial charge < -0.3 is 9.88 Å². The molecule has 0 unspecified atom stereocenters. The predicted octanol–water partition coefficient (Wildman–Crippen LogP) is 1.94. The summed E-state index contributed by atoms with van der Waals surface area (Å²) in [5, 5.41) is 3.43. The Morgan fingerprint density at radius 2 is 2.17 bits per heavy atom. The van der Waals surface area contributed by atoms with Gasteiger partial charge in [0, 0.05) is 38.2 Å². The second-order valence-corrected chi connectivity index (χ2v) is 4.31. The second-order valence-electron chi connectivity index (χ2n) is 4.31. The summed E-state index contributed by atoms with van der Waals surface area (Å²) < 4.78 is 2.14. The van der Waals surface area contributed by atoms with Crippen LogP contribution in [0.2, 0.25) is 0 Å². The van der Waals surface area contributed by atoms with E-state index in [1.54, 1.807) is 0 Å². The van der Waals surface area contributed by atoms with Crippen LogP contribution in [-0.2, 0) is 19.5 Å². The fourth-order valence-corrected chi connectivity index (χ4v) is 2.00. The first-order chi connectivity index (χ1) is 8.81. The van der Waals surface area contributed by atoms with Crippen molar-refractivity contribution in [3.05, 3.63) is 47.8 Å². The lowest BCUT2D eigenvalue weighted by atomic mass is 10.1. The van der Waals surface area contributed by atoms with Crippen LogP contribution < -0.4 is 5.32 Å². The van der Waals surface area contributed by atoms with Crippen LogP contribution in [0.15, 0.2) is 30.7 Å². The number of rotatable bonds is 6. The smallest absolute Gasteiger partial charge is 0.105 e. The van der Waals surface area contributed by atoms with Crippen LogP contribution in [0.3, 0.4) is 0 Å². The maximum Gasteiger partial charge on any atom is 0.105 e. The van der Waals surface area contributed by atoms with Gasteiger partial charge in [-0.3, -0.25) is 4.98 Å². The molecule has 4 heteroatoms. The molecule has 0 saturated carbocycles. The summed E-state index contributed by atoms with van der Waals surface area (Å²) in [5.41, 5.74) is 2.48. The third kappa shape index (κ3) is 3.17. The topological polar surface area (TPSA) is 42.7 Å². The first-order valence-corrected chi connectivity index (χ1v) is 6.42. The maximum atomic E-state index is 4.42. The molecule has 0 aromatic carbocycles. The van der Waals surface area contributed by atoms with Crippen molar-refractivity contribution in [2.75, 3.05) is 6.54 Å². The molecule has 0 fully saturated rings. The van der Waals surface area contributed by atoms with Gasteiger partial charge in [0.25, 0.3) is 0 Å². The lowest BCUT2D eigenvalue weighted by Crippen LogP contribution is -2.21. The van der Waals surface area contributed by atoms with E-state index < -0.39 is 0 Å². The molecular weight excluding hydrogens is 224 g/mol. The van der Waals surface area contributed by atoms with E-state index in [0.29, 0.717) is 0 Å².